The predicted octanol–water partition coefficient (Wildman–Crippen LogP) is 3.67. The van der Waals surface area contributed by atoms with Crippen molar-refractivity contribution >= 4 is 34.5 Å². The summed E-state index contributed by atoms with van der Waals surface area (Å²) in [4.78, 5) is 12.3. The molecule has 4 nitrogen and oxygen atoms in total. The van der Waals surface area contributed by atoms with E-state index in [4.69, 9.17) is 16.6 Å². The van der Waals surface area contributed by atoms with Gasteiger partial charge in [0.25, 0.3) is 0 Å². The highest BCUT2D eigenvalue weighted by Gasteiger charge is 2.31. The Balaban J connectivity index is 1.71. The van der Waals surface area contributed by atoms with Crippen molar-refractivity contribution in [2.75, 3.05) is 44.7 Å². The summed E-state index contributed by atoms with van der Waals surface area (Å²) in [5, 5.41) is 0.769. The van der Waals surface area contributed by atoms with Crippen molar-refractivity contribution in [1.82, 2.24) is 9.80 Å². The maximum Gasteiger partial charge on any atom is 0.138 e. The third-order valence-electron chi connectivity index (χ3n) is 5.49. The van der Waals surface area contributed by atoms with Crippen LogP contribution in [0.2, 0.25) is 5.02 Å². The molecule has 0 saturated carbocycles. The van der Waals surface area contributed by atoms with Gasteiger partial charge in [-0.3, -0.25) is 0 Å². The quantitative estimate of drug-likeness (QED) is 0.722. The van der Waals surface area contributed by atoms with E-state index < -0.39 is 0 Å². The lowest BCUT2D eigenvalue weighted by molar-refractivity contribution is 0.216. The molecule has 3 aliphatic heterocycles. The smallest absolute Gasteiger partial charge is 0.138 e. The van der Waals surface area contributed by atoms with Gasteiger partial charge in [0.05, 0.1) is 17.1 Å². The number of para-hydroxylation sites is 1. The number of likely N-dealkylation sites (N-methyl/N-ethyl adjacent to an activating group) is 1. The monoisotopic (exact) mass is 352 g/mol. The van der Waals surface area contributed by atoms with Gasteiger partial charge in [0.1, 0.15) is 5.84 Å². The average molecular weight is 353 g/mol. The summed E-state index contributed by atoms with van der Waals surface area (Å²) in [6.07, 6.45) is 1.07. The van der Waals surface area contributed by atoms with Gasteiger partial charge in [-0.05, 0) is 43.3 Å². The van der Waals surface area contributed by atoms with Crippen LogP contribution in [0.3, 0.4) is 0 Å². The van der Waals surface area contributed by atoms with Gasteiger partial charge in [0, 0.05) is 43.3 Å². The number of anilines is 2. The van der Waals surface area contributed by atoms with Crippen molar-refractivity contribution in [3.8, 4) is 0 Å². The summed E-state index contributed by atoms with van der Waals surface area (Å²) in [7, 11) is 2.18. The van der Waals surface area contributed by atoms with Gasteiger partial charge in [0.2, 0.25) is 0 Å². The number of hydrogen-bond donors (Lipinski definition) is 0. The van der Waals surface area contributed by atoms with E-state index in [1.165, 1.54) is 16.9 Å². The van der Waals surface area contributed by atoms with Crippen molar-refractivity contribution in [1.29, 1.82) is 0 Å². The molecule has 0 bridgehead atoms. The van der Waals surface area contributed by atoms with E-state index in [2.05, 4.69) is 52.1 Å². The molecule has 25 heavy (non-hydrogen) atoms. The molecule has 5 rings (SSSR count). The van der Waals surface area contributed by atoms with E-state index in [0.717, 1.165) is 61.3 Å². The summed E-state index contributed by atoms with van der Waals surface area (Å²) < 4.78 is 0. The first-order chi connectivity index (χ1) is 12.2. The highest BCUT2D eigenvalue weighted by molar-refractivity contribution is 6.31. The van der Waals surface area contributed by atoms with Crippen molar-refractivity contribution in [2.24, 2.45) is 4.99 Å². The average Bonchev–Trinajstić information content (AvgIpc) is 2.99. The number of fused-ring (bicyclic) bond motifs is 2. The van der Waals surface area contributed by atoms with Crippen LogP contribution in [0.4, 0.5) is 17.1 Å². The van der Waals surface area contributed by atoms with Gasteiger partial charge in [0.15, 0.2) is 0 Å². The number of piperazine rings is 1. The first-order valence-electron chi connectivity index (χ1n) is 8.92. The number of hydrogen-bond acceptors (Lipinski definition) is 4. The lowest BCUT2D eigenvalue weighted by Crippen LogP contribution is -2.47. The minimum Gasteiger partial charge on any atom is -0.353 e. The Morgan fingerprint density at radius 2 is 1.84 bits per heavy atom. The molecule has 3 heterocycles. The first kappa shape index (κ1) is 15.2. The number of halogens is 1. The van der Waals surface area contributed by atoms with Crippen LogP contribution in [0.1, 0.15) is 11.1 Å². The number of benzene rings is 2. The van der Waals surface area contributed by atoms with Crippen LogP contribution in [0.15, 0.2) is 41.4 Å². The maximum atomic E-state index is 6.37. The van der Waals surface area contributed by atoms with Gasteiger partial charge in [-0.15, -0.1) is 0 Å². The molecular formula is C20H21ClN4. The van der Waals surface area contributed by atoms with E-state index in [-0.39, 0.29) is 0 Å². The van der Waals surface area contributed by atoms with Crippen LogP contribution < -0.4 is 4.90 Å². The Bertz CT molecular complexity index is 868. The molecule has 2 aromatic carbocycles. The molecule has 0 amide bonds. The number of amidine groups is 1. The molecule has 1 saturated heterocycles. The SMILES string of the molecule is CN1CCN(C2=Nc3cccc4c3N(CC4)c3ccc(Cl)cc32)CC1. The van der Waals surface area contributed by atoms with Crippen LogP contribution in [0.25, 0.3) is 0 Å². The molecule has 1 fully saturated rings. The van der Waals surface area contributed by atoms with Crippen LogP contribution in [-0.4, -0.2) is 55.4 Å². The minimum atomic E-state index is 0.769. The summed E-state index contributed by atoms with van der Waals surface area (Å²) in [6.45, 7) is 5.12. The second-order valence-electron chi connectivity index (χ2n) is 7.07. The fourth-order valence-electron chi connectivity index (χ4n) is 4.12. The third kappa shape index (κ3) is 2.43. The van der Waals surface area contributed by atoms with Crippen LogP contribution in [0.5, 0.6) is 0 Å². The van der Waals surface area contributed by atoms with Crippen molar-refractivity contribution in [3.05, 3.63) is 52.5 Å². The topological polar surface area (TPSA) is 22.1 Å². The van der Waals surface area contributed by atoms with Crippen molar-refractivity contribution in [2.45, 2.75) is 6.42 Å². The lowest BCUT2D eigenvalue weighted by atomic mass is 10.1. The highest BCUT2D eigenvalue weighted by Crippen LogP contribution is 2.46. The van der Waals surface area contributed by atoms with Crippen LogP contribution >= 0.6 is 11.6 Å². The molecular weight excluding hydrogens is 332 g/mol. The molecule has 3 aliphatic rings. The number of aliphatic imine (C=N–C) groups is 1. The van der Waals surface area contributed by atoms with Gasteiger partial charge in [-0.25, -0.2) is 4.99 Å². The van der Waals surface area contributed by atoms with Crippen LogP contribution in [-0.2, 0) is 6.42 Å². The molecule has 0 spiro atoms. The van der Waals surface area contributed by atoms with E-state index in [0.29, 0.717) is 0 Å². The zero-order valence-corrected chi connectivity index (χ0v) is 15.1. The van der Waals surface area contributed by atoms with Crippen LogP contribution in [0, 0.1) is 0 Å². The maximum absolute atomic E-state index is 6.37. The summed E-state index contributed by atoms with van der Waals surface area (Å²) >= 11 is 6.37. The normalized spacial score (nSPS) is 19.4. The molecule has 0 radical (unpaired) electrons. The first-order valence-corrected chi connectivity index (χ1v) is 9.30. The Kier molecular flexibility index (Phi) is 3.50. The summed E-state index contributed by atoms with van der Waals surface area (Å²) in [5.74, 6) is 1.06. The molecule has 0 aromatic heterocycles. The van der Waals surface area contributed by atoms with Gasteiger partial charge in [-0.1, -0.05) is 23.7 Å². The summed E-state index contributed by atoms with van der Waals surface area (Å²) in [5.41, 5.74) is 6.13. The van der Waals surface area contributed by atoms with Crippen molar-refractivity contribution in [3.63, 3.8) is 0 Å². The fourth-order valence-corrected chi connectivity index (χ4v) is 4.29. The molecule has 0 N–H and O–H groups in total. The molecule has 2 aromatic rings. The molecule has 5 heteroatoms. The predicted molar refractivity (Wildman–Crippen MR) is 104 cm³/mol. The Labute approximate surface area is 153 Å². The van der Waals surface area contributed by atoms with Gasteiger partial charge in [-0.2, -0.15) is 0 Å². The largest absolute Gasteiger partial charge is 0.353 e. The van der Waals surface area contributed by atoms with E-state index >= 15 is 0 Å². The second kappa shape index (κ2) is 5.75. The van der Waals surface area contributed by atoms with Gasteiger partial charge >= 0.3 is 0 Å². The van der Waals surface area contributed by atoms with Gasteiger partial charge < -0.3 is 14.7 Å². The fraction of sp³-hybridized carbons (Fsp3) is 0.350. The summed E-state index contributed by atoms with van der Waals surface area (Å²) in [6, 6.07) is 12.7. The zero-order valence-electron chi connectivity index (χ0n) is 14.4. The van der Waals surface area contributed by atoms with Crippen molar-refractivity contribution < 1.29 is 0 Å². The zero-order chi connectivity index (χ0) is 17.0. The number of nitrogens with zero attached hydrogens (tertiary/aromatic N) is 4. The lowest BCUT2D eigenvalue weighted by Gasteiger charge is -2.35. The third-order valence-corrected chi connectivity index (χ3v) is 5.73. The van der Waals surface area contributed by atoms with E-state index in [1.54, 1.807) is 0 Å². The standard InChI is InChI=1S/C20H21ClN4/c1-23-9-11-24(12-10-23)20-16-13-15(21)5-6-18(16)25-8-7-14-3-2-4-17(22-20)19(14)25/h2-6,13H,7-12H2,1H3. The number of rotatable bonds is 0. The molecule has 0 unspecified atom stereocenters. The van der Waals surface area contributed by atoms with E-state index in [1.807, 2.05) is 6.07 Å². The Hall–Kier alpha value is -2.04. The molecule has 128 valence electrons. The highest BCUT2D eigenvalue weighted by atomic mass is 35.5. The molecule has 0 atom stereocenters. The molecule has 0 aliphatic carbocycles. The Morgan fingerprint density at radius 3 is 2.68 bits per heavy atom. The minimum absolute atomic E-state index is 0.769. The Morgan fingerprint density at radius 1 is 1.00 bits per heavy atom. The van der Waals surface area contributed by atoms with E-state index in [9.17, 15) is 0 Å². The second-order valence-corrected chi connectivity index (χ2v) is 7.51.